The first-order valence-corrected chi connectivity index (χ1v) is 7.02. The average molecular weight is 297 g/mol. The van der Waals surface area contributed by atoms with Crippen molar-refractivity contribution in [3.63, 3.8) is 0 Å². The summed E-state index contributed by atoms with van der Waals surface area (Å²) in [4.78, 5) is 16.6. The summed E-state index contributed by atoms with van der Waals surface area (Å²) >= 11 is 0. The number of carbonyl (C=O) groups excluding carboxylic acids is 1. The zero-order chi connectivity index (χ0) is 15.7. The fourth-order valence-electron chi connectivity index (χ4n) is 2.41. The molecule has 1 heterocycles. The van der Waals surface area contributed by atoms with Crippen LogP contribution in [0.5, 0.6) is 0 Å². The topological polar surface area (TPSA) is 46.9 Å². The van der Waals surface area contributed by atoms with E-state index in [2.05, 4.69) is 10.3 Å². The van der Waals surface area contributed by atoms with E-state index < -0.39 is 0 Å². The van der Waals surface area contributed by atoms with Gasteiger partial charge in [-0.25, -0.2) is 9.37 Å². The van der Waals surface area contributed by atoms with Gasteiger partial charge in [0.1, 0.15) is 18.2 Å². The van der Waals surface area contributed by atoms with Gasteiger partial charge in [0.15, 0.2) is 0 Å². The number of amides is 1. The van der Waals surface area contributed by atoms with Crippen LogP contribution in [0.4, 0.5) is 10.1 Å². The van der Waals surface area contributed by atoms with Crippen LogP contribution in [0, 0.1) is 19.7 Å². The third-order valence-electron chi connectivity index (χ3n) is 3.60. The molecule has 2 aromatic carbocycles. The summed E-state index contributed by atoms with van der Waals surface area (Å²) in [5.74, 6) is 0.225. The lowest BCUT2D eigenvalue weighted by Crippen LogP contribution is -2.19. The molecule has 4 nitrogen and oxygen atoms in total. The van der Waals surface area contributed by atoms with Crippen LogP contribution in [0.25, 0.3) is 11.0 Å². The molecular weight excluding hydrogens is 281 g/mol. The number of benzene rings is 2. The second kappa shape index (κ2) is 5.60. The number of carbonyl (C=O) groups is 1. The third kappa shape index (κ3) is 2.70. The fraction of sp³-hybridized carbons (Fsp3) is 0.176. The van der Waals surface area contributed by atoms with E-state index in [4.69, 9.17) is 0 Å². The normalized spacial score (nSPS) is 10.9. The van der Waals surface area contributed by atoms with Crippen LogP contribution < -0.4 is 5.32 Å². The molecule has 0 aliphatic carbocycles. The number of hydrogen-bond donors (Lipinski definition) is 1. The van der Waals surface area contributed by atoms with Crippen LogP contribution in [0.3, 0.4) is 0 Å². The van der Waals surface area contributed by atoms with Gasteiger partial charge in [0.25, 0.3) is 0 Å². The predicted molar refractivity (Wildman–Crippen MR) is 84.2 cm³/mol. The Balaban J connectivity index is 1.81. The molecule has 0 unspecified atom stereocenters. The standard InChI is InChI=1S/C17H16FN3O/c1-11-7-8-13(9-14(11)18)20-17(22)10-21-12(2)19-15-5-3-4-6-16(15)21/h3-9H,10H2,1-2H3,(H,20,22). The van der Waals surface area contributed by atoms with Crippen LogP contribution in [-0.2, 0) is 11.3 Å². The second-order valence-electron chi connectivity index (χ2n) is 5.25. The maximum atomic E-state index is 13.5. The van der Waals surface area contributed by atoms with E-state index in [9.17, 15) is 9.18 Å². The summed E-state index contributed by atoms with van der Waals surface area (Å²) in [7, 11) is 0. The summed E-state index contributed by atoms with van der Waals surface area (Å²) in [6.45, 7) is 3.68. The zero-order valence-electron chi connectivity index (χ0n) is 12.4. The van der Waals surface area contributed by atoms with Gasteiger partial charge in [-0.3, -0.25) is 4.79 Å². The molecule has 0 aliphatic rings. The van der Waals surface area contributed by atoms with E-state index >= 15 is 0 Å². The van der Waals surface area contributed by atoms with Crippen molar-refractivity contribution in [1.29, 1.82) is 0 Å². The molecule has 0 saturated heterocycles. The number of imidazole rings is 1. The molecule has 1 aromatic heterocycles. The first kappa shape index (κ1) is 14.3. The molecule has 1 N–H and O–H groups in total. The van der Waals surface area contributed by atoms with Crippen LogP contribution in [0.2, 0.25) is 0 Å². The lowest BCUT2D eigenvalue weighted by atomic mass is 10.2. The highest BCUT2D eigenvalue weighted by Crippen LogP contribution is 2.17. The number of aryl methyl sites for hydroxylation is 2. The molecule has 22 heavy (non-hydrogen) atoms. The Morgan fingerprint density at radius 2 is 2.00 bits per heavy atom. The predicted octanol–water partition coefficient (Wildman–Crippen LogP) is 3.43. The molecule has 5 heteroatoms. The Kier molecular flexibility index (Phi) is 3.63. The molecule has 3 rings (SSSR count). The highest BCUT2D eigenvalue weighted by atomic mass is 19.1. The second-order valence-corrected chi connectivity index (χ2v) is 5.25. The number of aromatic nitrogens is 2. The number of rotatable bonds is 3. The monoisotopic (exact) mass is 297 g/mol. The van der Waals surface area contributed by atoms with Gasteiger partial charge in [-0.1, -0.05) is 18.2 Å². The number of para-hydroxylation sites is 2. The Labute approximate surface area is 127 Å². The highest BCUT2D eigenvalue weighted by Gasteiger charge is 2.11. The molecule has 1 amide bonds. The SMILES string of the molecule is Cc1ccc(NC(=O)Cn2c(C)nc3ccccc32)cc1F. The highest BCUT2D eigenvalue weighted by molar-refractivity contribution is 5.91. The average Bonchev–Trinajstić information content (AvgIpc) is 2.79. The van der Waals surface area contributed by atoms with E-state index in [0.29, 0.717) is 11.3 Å². The smallest absolute Gasteiger partial charge is 0.244 e. The minimum absolute atomic E-state index is 0.141. The molecular formula is C17H16FN3O. The van der Waals surface area contributed by atoms with Gasteiger partial charge < -0.3 is 9.88 Å². The van der Waals surface area contributed by atoms with E-state index in [1.165, 1.54) is 6.07 Å². The molecule has 0 bridgehead atoms. The summed E-state index contributed by atoms with van der Waals surface area (Å²) in [6, 6.07) is 12.3. The van der Waals surface area contributed by atoms with Crippen molar-refractivity contribution in [3.05, 3.63) is 59.7 Å². The summed E-state index contributed by atoms with van der Waals surface area (Å²) in [5, 5.41) is 2.71. The van der Waals surface area contributed by atoms with Crippen molar-refractivity contribution >= 4 is 22.6 Å². The van der Waals surface area contributed by atoms with E-state index in [1.807, 2.05) is 35.8 Å². The van der Waals surface area contributed by atoms with Gasteiger partial charge in [-0.2, -0.15) is 0 Å². The number of fused-ring (bicyclic) bond motifs is 1. The van der Waals surface area contributed by atoms with E-state index in [-0.39, 0.29) is 18.3 Å². The van der Waals surface area contributed by atoms with Crippen LogP contribution >= 0.6 is 0 Å². The molecule has 0 spiro atoms. The first-order valence-electron chi connectivity index (χ1n) is 7.02. The van der Waals surface area contributed by atoms with Gasteiger partial charge in [0, 0.05) is 5.69 Å². The number of nitrogens with zero attached hydrogens (tertiary/aromatic N) is 2. The Bertz CT molecular complexity index is 854. The summed E-state index contributed by atoms with van der Waals surface area (Å²) < 4.78 is 15.4. The molecule has 0 fully saturated rings. The van der Waals surface area contributed by atoms with Gasteiger partial charge in [-0.05, 0) is 43.7 Å². The van der Waals surface area contributed by atoms with Crippen molar-refractivity contribution in [2.75, 3.05) is 5.32 Å². The number of nitrogens with one attached hydrogen (secondary N) is 1. The molecule has 112 valence electrons. The van der Waals surface area contributed by atoms with Gasteiger partial charge in [0.2, 0.25) is 5.91 Å². The largest absolute Gasteiger partial charge is 0.324 e. The van der Waals surface area contributed by atoms with Crippen LogP contribution in [0.15, 0.2) is 42.5 Å². The van der Waals surface area contributed by atoms with Gasteiger partial charge >= 0.3 is 0 Å². The fourth-order valence-corrected chi connectivity index (χ4v) is 2.41. The lowest BCUT2D eigenvalue weighted by molar-refractivity contribution is -0.116. The Morgan fingerprint density at radius 1 is 1.23 bits per heavy atom. The zero-order valence-corrected chi connectivity index (χ0v) is 12.4. The van der Waals surface area contributed by atoms with E-state index in [0.717, 1.165) is 16.9 Å². The minimum atomic E-state index is -0.331. The first-order chi connectivity index (χ1) is 10.5. The molecule has 0 saturated carbocycles. The molecule has 0 aliphatic heterocycles. The van der Waals surface area contributed by atoms with Gasteiger partial charge in [-0.15, -0.1) is 0 Å². The van der Waals surface area contributed by atoms with Gasteiger partial charge in [0.05, 0.1) is 11.0 Å². The van der Waals surface area contributed by atoms with Crippen molar-refractivity contribution in [3.8, 4) is 0 Å². The molecule has 3 aromatic rings. The summed E-state index contributed by atoms with van der Waals surface area (Å²) in [6.07, 6.45) is 0. The quantitative estimate of drug-likeness (QED) is 0.805. The lowest BCUT2D eigenvalue weighted by Gasteiger charge is -2.09. The van der Waals surface area contributed by atoms with Crippen molar-refractivity contribution in [2.24, 2.45) is 0 Å². The summed E-state index contributed by atoms with van der Waals surface area (Å²) in [5.41, 5.74) is 2.77. The third-order valence-corrected chi connectivity index (χ3v) is 3.60. The Hall–Kier alpha value is -2.69. The maximum Gasteiger partial charge on any atom is 0.244 e. The van der Waals surface area contributed by atoms with Crippen molar-refractivity contribution < 1.29 is 9.18 Å². The Morgan fingerprint density at radius 3 is 2.77 bits per heavy atom. The van der Waals surface area contributed by atoms with Crippen molar-refractivity contribution in [2.45, 2.75) is 20.4 Å². The molecule has 0 atom stereocenters. The van der Waals surface area contributed by atoms with Crippen molar-refractivity contribution in [1.82, 2.24) is 9.55 Å². The van der Waals surface area contributed by atoms with Crippen LogP contribution in [0.1, 0.15) is 11.4 Å². The minimum Gasteiger partial charge on any atom is -0.324 e. The van der Waals surface area contributed by atoms with E-state index in [1.54, 1.807) is 19.1 Å². The number of halogens is 1. The molecule has 0 radical (unpaired) electrons. The number of hydrogen-bond acceptors (Lipinski definition) is 2. The van der Waals surface area contributed by atoms with Crippen LogP contribution in [-0.4, -0.2) is 15.5 Å². The number of anilines is 1. The maximum absolute atomic E-state index is 13.5.